The van der Waals surface area contributed by atoms with Gasteiger partial charge in [0.15, 0.2) is 0 Å². The molecule has 2 atom stereocenters. The first-order valence-electron chi connectivity index (χ1n) is 9.76. The molecule has 0 spiro atoms. The predicted octanol–water partition coefficient (Wildman–Crippen LogP) is 3.74. The Hall–Kier alpha value is -3.82. The van der Waals surface area contributed by atoms with Gasteiger partial charge < -0.3 is 21.7 Å². The molecule has 1 aromatic heterocycles. The van der Waals surface area contributed by atoms with E-state index in [2.05, 4.69) is 20.9 Å². The maximum absolute atomic E-state index is 13.7. The molecule has 4 rings (SSSR count). The summed E-state index contributed by atoms with van der Waals surface area (Å²) in [5.74, 6) is -1.47. The molecule has 32 heavy (non-hydrogen) atoms. The molecule has 2 aromatic rings. The van der Waals surface area contributed by atoms with E-state index in [0.717, 1.165) is 11.8 Å². The molecule has 2 aliphatic rings. The van der Waals surface area contributed by atoms with Crippen molar-refractivity contribution in [3.05, 3.63) is 65.9 Å². The van der Waals surface area contributed by atoms with Gasteiger partial charge >= 0.3 is 6.18 Å². The summed E-state index contributed by atoms with van der Waals surface area (Å²) in [4.78, 5) is 27.3. The van der Waals surface area contributed by atoms with Crippen LogP contribution in [0.4, 0.5) is 36.1 Å². The summed E-state index contributed by atoms with van der Waals surface area (Å²) < 4.78 is 41.0. The number of anilines is 4. The van der Waals surface area contributed by atoms with E-state index in [1.807, 2.05) is 0 Å². The topological polar surface area (TPSA) is 109 Å². The standard InChI is InChI=1S/C22H20F3N5O2/c1-21(7-3-2-4-14(21)20(26)32)30-17-10-18(27-11-15(17)22(23,24)25)28-13-5-6-16-12(8-13)9-19(31)29-16/h2-8,10-11,14H,9H2,1H3,(H2,26,32)(H,29,31)(H2,27,28,30). The number of alkyl halides is 3. The highest BCUT2D eigenvalue weighted by molar-refractivity contribution is 5.99. The molecule has 2 heterocycles. The first-order valence-corrected chi connectivity index (χ1v) is 9.76. The summed E-state index contributed by atoms with van der Waals surface area (Å²) in [6, 6.07) is 6.37. The van der Waals surface area contributed by atoms with Gasteiger partial charge in [-0.1, -0.05) is 24.3 Å². The fourth-order valence-electron chi connectivity index (χ4n) is 3.84. The number of carbonyl (C=O) groups is 2. The number of benzene rings is 1. The van der Waals surface area contributed by atoms with Gasteiger partial charge in [-0.3, -0.25) is 9.59 Å². The number of amides is 2. The van der Waals surface area contributed by atoms with E-state index in [4.69, 9.17) is 5.73 Å². The Morgan fingerprint density at radius 3 is 2.78 bits per heavy atom. The van der Waals surface area contributed by atoms with E-state index < -0.39 is 29.1 Å². The van der Waals surface area contributed by atoms with Crippen LogP contribution in [0.5, 0.6) is 0 Å². The summed E-state index contributed by atoms with van der Waals surface area (Å²) in [6.07, 6.45) is 2.69. The van der Waals surface area contributed by atoms with Crippen LogP contribution in [0.15, 0.2) is 54.8 Å². The molecule has 0 fully saturated rings. The van der Waals surface area contributed by atoms with Crippen LogP contribution in [-0.2, 0) is 22.2 Å². The summed E-state index contributed by atoms with van der Waals surface area (Å²) in [7, 11) is 0. The molecule has 0 bridgehead atoms. The second-order valence-corrected chi connectivity index (χ2v) is 7.87. The fraction of sp³-hybridized carbons (Fsp3) is 0.227. The zero-order chi connectivity index (χ0) is 23.1. The highest BCUT2D eigenvalue weighted by Crippen LogP contribution is 2.39. The van der Waals surface area contributed by atoms with Crippen LogP contribution in [0.3, 0.4) is 0 Å². The van der Waals surface area contributed by atoms with Crippen LogP contribution in [0.1, 0.15) is 18.1 Å². The fourth-order valence-corrected chi connectivity index (χ4v) is 3.84. The molecule has 2 unspecified atom stereocenters. The molecule has 0 radical (unpaired) electrons. The average molecular weight is 443 g/mol. The second kappa shape index (κ2) is 7.70. The van der Waals surface area contributed by atoms with Gasteiger partial charge in [0.05, 0.1) is 29.1 Å². The van der Waals surface area contributed by atoms with Gasteiger partial charge in [-0.15, -0.1) is 0 Å². The monoisotopic (exact) mass is 443 g/mol. The van der Waals surface area contributed by atoms with Crippen molar-refractivity contribution in [1.29, 1.82) is 0 Å². The number of pyridine rings is 1. The smallest absolute Gasteiger partial charge is 0.375 e. The zero-order valence-electron chi connectivity index (χ0n) is 17.0. The Balaban J connectivity index is 1.67. The van der Waals surface area contributed by atoms with E-state index in [1.165, 1.54) is 6.07 Å². The third kappa shape index (κ3) is 4.16. The van der Waals surface area contributed by atoms with Crippen LogP contribution >= 0.6 is 0 Å². The number of hydrogen-bond acceptors (Lipinski definition) is 5. The Morgan fingerprint density at radius 1 is 1.28 bits per heavy atom. The molecule has 0 saturated heterocycles. The first kappa shape index (κ1) is 21.4. The molecular weight excluding hydrogens is 423 g/mol. The third-order valence-corrected chi connectivity index (χ3v) is 5.43. The van der Waals surface area contributed by atoms with Gasteiger partial charge in [-0.25, -0.2) is 4.98 Å². The molecular formula is C22H20F3N5O2. The van der Waals surface area contributed by atoms with Gasteiger partial charge in [-0.2, -0.15) is 13.2 Å². The summed E-state index contributed by atoms with van der Waals surface area (Å²) in [6.45, 7) is 1.60. The Kier molecular flexibility index (Phi) is 5.15. The molecule has 1 aliphatic carbocycles. The van der Waals surface area contributed by atoms with E-state index in [9.17, 15) is 22.8 Å². The van der Waals surface area contributed by atoms with Crippen molar-refractivity contribution in [1.82, 2.24) is 4.98 Å². The molecule has 5 N–H and O–H groups in total. The van der Waals surface area contributed by atoms with Crippen molar-refractivity contribution in [2.45, 2.75) is 25.1 Å². The second-order valence-electron chi connectivity index (χ2n) is 7.87. The molecule has 166 valence electrons. The average Bonchev–Trinajstić information content (AvgIpc) is 3.06. The van der Waals surface area contributed by atoms with E-state index in [-0.39, 0.29) is 23.8 Å². The number of carbonyl (C=O) groups excluding carboxylic acids is 2. The number of rotatable bonds is 5. The van der Waals surface area contributed by atoms with Gasteiger partial charge in [0.2, 0.25) is 11.8 Å². The Labute approximate surface area is 181 Å². The van der Waals surface area contributed by atoms with Crippen molar-refractivity contribution in [2.24, 2.45) is 11.7 Å². The minimum atomic E-state index is -4.67. The van der Waals surface area contributed by atoms with E-state index in [0.29, 0.717) is 11.4 Å². The quantitative estimate of drug-likeness (QED) is 0.563. The largest absolute Gasteiger partial charge is 0.419 e. The Bertz CT molecular complexity index is 1160. The summed E-state index contributed by atoms with van der Waals surface area (Å²) in [5, 5.41) is 8.53. The lowest BCUT2D eigenvalue weighted by Crippen LogP contribution is -2.47. The molecule has 0 saturated carbocycles. The molecule has 10 heteroatoms. The lowest BCUT2D eigenvalue weighted by Gasteiger charge is -2.36. The van der Waals surface area contributed by atoms with Crippen LogP contribution in [-0.4, -0.2) is 22.3 Å². The minimum absolute atomic E-state index is 0.122. The minimum Gasteiger partial charge on any atom is -0.375 e. The number of nitrogens with two attached hydrogens (primary N) is 1. The maximum Gasteiger partial charge on any atom is 0.419 e. The number of nitrogens with zero attached hydrogens (tertiary/aromatic N) is 1. The van der Waals surface area contributed by atoms with Crippen LogP contribution in [0, 0.1) is 5.92 Å². The number of halogens is 3. The molecule has 2 amide bonds. The Morgan fingerprint density at radius 2 is 2.06 bits per heavy atom. The van der Waals surface area contributed by atoms with E-state index in [1.54, 1.807) is 49.4 Å². The predicted molar refractivity (Wildman–Crippen MR) is 114 cm³/mol. The zero-order valence-corrected chi connectivity index (χ0v) is 17.0. The van der Waals surface area contributed by atoms with Crippen molar-refractivity contribution in [3.63, 3.8) is 0 Å². The van der Waals surface area contributed by atoms with Gasteiger partial charge in [0, 0.05) is 23.6 Å². The number of nitrogens with one attached hydrogen (secondary N) is 3. The highest BCUT2D eigenvalue weighted by Gasteiger charge is 2.40. The molecule has 1 aliphatic heterocycles. The lowest BCUT2D eigenvalue weighted by molar-refractivity contribution is -0.137. The number of aromatic nitrogens is 1. The normalized spacial score (nSPS) is 21.8. The van der Waals surface area contributed by atoms with Gasteiger partial charge in [-0.05, 0) is 30.7 Å². The molecule has 1 aromatic carbocycles. The van der Waals surface area contributed by atoms with Crippen LogP contribution in [0.25, 0.3) is 0 Å². The van der Waals surface area contributed by atoms with Crippen molar-refractivity contribution in [3.8, 4) is 0 Å². The number of fused-ring (bicyclic) bond motifs is 1. The van der Waals surface area contributed by atoms with Gasteiger partial charge in [0.25, 0.3) is 0 Å². The maximum atomic E-state index is 13.7. The SMILES string of the molecule is CC1(Nc2cc(Nc3ccc4c(c3)CC(=O)N4)ncc2C(F)(F)F)C=CC=CC1C(N)=O. The van der Waals surface area contributed by atoms with Gasteiger partial charge in [0.1, 0.15) is 5.82 Å². The van der Waals surface area contributed by atoms with Crippen molar-refractivity contribution >= 4 is 34.7 Å². The van der Waals surface area contributed by atoms with Crippen molar-refractivity contribution in [2.75, 3.05) is 16.0 Å². The van der Waals surface area contributed by atoms with Crippen LogP contribution < -0.4 is 21.7 Å². The third-order valence-electron chi connectivity index (χ3n) is 5.43. The summed E-state index contributed by atoms with van der Waals surface area (Å²) in [5.41, 5.74) is 5.13. The van der Waals surface area contributed by atoms with Crippen molar-refractivity contribution < 1.29 is 22.8 Å². The van der Waals surface area contributed by atoms with E-state index >= 15 is 0 Å². The number of primary amides is 1. The number of hydrogen-bond donors (Lipinski definition) is 4. The molecule has 7 nitrogen and oxygen atoms in total. The first-order chi connectivity index (χ1) is 15.0. The number of allylic oxidation sites excluding steroid dienone is 2. The highest BCUT2D eigenvalue weighted by atomic mass is 19.4. The van der Waals surface area contributed by atoms with Crippen LogP contribution in [0.2, 0.25) is 0 Å². The lowest BCUT2D eigenvalue weighted by atomic mass is 9.81. The summed E-state index contributed by atoms with van der Waals surface area (Å²) >= 11 is 0.